The highest BCUT2D eigenvalue weighted by atomic mass is 35.5. The van der Waals surface area contributed by atoms with Crippen LogP contribution in [-0.4, -0.2) is 16.8 Å². The molecule has 0 atom stereocenters. The van der Waals surface area contributed by atoms with Gasteiger partial charge in [0.25, 0.3) is 0 Å². The van der Waals surface area contributed by atoms with Crippen molar-refractivity contribution in [2.24, 2.45) is 5.41 Å². The first-order valence-corrected chi connectivity index (χ1v) is 6.95. The van der Waals surface area contributed by atoms with Gasteiger partial charge in [-0.3, -0.25) is 4.79 Å². The first-order chi connectivity index (χ1) is 8.54. The zero-order valence-electron chi connectivity index (χ0n) is 9.65. The second-order valence-electron chi connectivity index (χ2n) is 4.61. The summed E-state index contributed by atoms with van der Waals surface area (Å²) in [5.41, 5.74) is 0.515. The third-order valence-electron chi connectivity index (χ3n) is 3.08. The van der Waals surface area contributed by atoms with Gasteiger partial charge in [-0.2, -0.15) is 5.26 Å². The molecule has 0 saturated heterocycles. The van der Waals surface area contributed by atoms with Gasteiger partial charge in [-0.15, -0.1) is 11.8 Å². The van der Waals surface area contributed by atoms with Crippen LogP contribution in [0.5, 0.6) is 0 Å². The number of thioether (sulfide) groups is 1. The van der Waals surface area contributed by atoms with E-state index in [2.05, 4.69) is 6.07 Å². The quantitative estimate of drug-likeness (QED) is 0.838. The van der Waals surface area contributed by atoms with Crippen molar-refractivity contribution in [3.8, 4) is 6.07 Å². The molecule has 0 amide bonds. The highest BCUT2D eigenvalue weighted by Gasteiger charge is 2.44. The molecule has 1 aliphatic carbocycles. The van der Waals surface area contributed by atoms with Crippen molar-refractivity contribution in [2.75, 3.05) is 5.75 Å². The van der Waals surface area contributed by atoms with E-state index in [1.807, 2.05) is 0 Å². The minimum absolute atomic E-state index is 0.0778. The summed E-state index contributed by atoms with van der Waals surface area (Å²) in [6.45, 7) is 0. The van der Waals surface area contributed by atoms with Crippen molar-refractivity contribution >= 4 is 29.3 Å². The molecule has 0 radical (unpaired) electrons. The molecule has 0 unspecified atom stereocenters. The molecule has 1 aliphatic rings. The molecular formula is C13H12ClNO2S. The first kappa shape index (κ1) is 13.3. The number of hydrogen-bond donors (Lipinski definition) is 1. The Bertz CT molecular complexity index is 520. The fraction of sp³-hybridized carbons (Fsp3) is 0.385. The molecule has 1 fully saturated rings. The Morgan fingerprint density at radius 2 is 2.28 bits per heavy atom. The predicted molar refractivity (Wildman–Crippen MR) is 70.8 cm³/mol. The molecule has 0 spiro atoms. The molecule has 3 nitrogen and oxygen atoms in total. The Hall–Kier alpha value is -1.18. The van der Waals surface area contributed by atoms with E-state index < -0.39 is 5.97 Å². The highest BCUT2D eigenvalue weighted by Crippen LogP contribution is 2.52. The Morgan fingerprint density at radius 3 is 2.83 bits per heavy atom. The van der Waals surface area contributed by atoms with E-state index in [4.69, 9.17) is 22.0 Å². The van der Waals surface area contributed by atoms with E-state index in [0.717, 1.165) is 23.5 Å². The Morgan fingerprint density at radius 1 is 1.56 bits per heavy atom. The molecular weight excluding hydrogens is 270 g/mol. The second-order valence-corrected chi connectivity index (χ2v) is 6.07. The smallest absolute Gasteiger partial charge is 0.303 e. The van der Waals surface area contributed by atoms with E-state index in [0.29, 0.717) is 10.6 Å². The van der Waals surface area contributed by atoms with Gasteiger partial charge in [0, 0.05) is 15.7 Å². The zero-order valence-corrected chi connectivity index (χ0v) is 11.2. The number of rotatable bonds is 5. The van der Waals surface area contributed by atoms with Crippen molar-refractivity contribution in [1.29, 1.82) is 5.26 Å². The first-order valence-electron chi connectivity index (χ1n) is 5.59. The average molecular weight is 282 g/mol. The zero-order chi connectivity index (χ0) is 13.2. The van der Waals surface area contributed by atoms with E-state index in [9.17, 15) is 4.79 Å². The summed E-state index contributed by atoms with van der Waals surface area (Å²) in [6.07, 6.45) is 2.12. The van der Waals surface area contributed by atoms with Crippen LogP contribution in [0.2, 0.25) is 5.02 Å². The number of carbonyl (C=O) groups is 1. The lowest BCUT2D eigenvalue weighted by atomic mass is 10.1. The number of carboxylic acid groups (broad SMARTS) is 1. The van der Waals surface area contributed by atoms with Crippen LogP contribution in [0.25, 0.3) is 0 Å². The molecule has 94 valence electrons. The average Bonchev–Trinajstić information content (AvgIpc) is 3.06. The third kappa shape index (κ3) is 3.18. The van der Waals surface area contributed by atoms with E-state index in [1.54, 1.807) is 18.2 Å². The van der Waals surface area contributed by atoms with Crippen LogP contribution in [-0.2, 0) is 4.79 Å². The summed E-state index contributed by atoms with van der Waals surface area (Å²) >= 11 is 7.43. The molecule has 18 heavy (non-hydrogen) atoms. The van der Waals surface area contributed by atoms with Gasteiger partial charge in [-0.05, 0) is 36.5 Å². The number of nitrogens with zero attached hydrogens (tertiary/aromatic N) is 1. The topological polar surface area (TPSA) is 61.1 Å². The molecule has 0 aliphatic heterocycles. The third-order valence-corrected chi connectivity index (χ3v) is 4.72. The number of carboxylic acids is 1. The number of nitriles is 1. The Labute approximate surface area is 115 Å². The molecule has 0 bridgehead atoms. The van der Waals surface area contributed by atoms with E-state index >= 15 is 0 Å². The lowest BCUT2D eigenvalue weighted by Crippen LogP contribution is -2.11. The molecule has 5 heteroatoms. The Kier molecular flexibility index (Phi) is 3.84. The fourth-order valence-electron chi connectivity index (χ4n) is 1.81. The van der Waals surface area contributed by atoms with Crippen molar-refractivity contribution in [2.45, 2.75) is 24.2 Å². The van der Waals surface area contributed by atoms with Crippen molar-refractivity contribution < 1.29 is 9.90 Å². The van der Waals surface area contributed by atoms with Crippen molar-refractivity contribution in [3.63, 3.8) is 0 Å². The number of halogens is 1. The lowest BCUT2D eigenvalue weighted by molar-refractivity contribution is -0.138. The maximum Gasteiger partial charge on any atom is 0.303 e. The summed E-state index contributed by atoms with van der Waals surface area (Å²) in [7, 11) is 0. The minimum atomic E-state index is -0.750. The number of aliphatic carboxylic acids is 1. The summed E-state index contributed by atoms with van der Waals surface area (Å²) < 4.78 is 0. The van der Waals surface area contributed by atoms with Crippen LogP contribution in [0.1, 0.15) is 24.8 Å². The van der Waals surface area contributed by atoms with Crippen LogP contribution < -0.4 is 0 Å². The maximum absolute atomic E-state index is 10.8. The second kappa shape index (κ2) is 5.21. The van der Waals surface area contributed by atoms with Crippen LogP contribution in [0, 0.1) is 16.7 Å². The summed E-state index contributed by atoms with van der Waals surface area (Å²) in [6, 6.07) is 7.27. The summed E-state index contributed by atoms with van der Waals surface area (Å²) in [4.78, 5) is 11.6. The van der Waals surface area contributed by atoms with Gasteiger partial charge in [-0.1, -0.05) is 11.6 Å². The molecule has 1 aromatic rings. The normalized spacial score (nSPS) is 16.0. The van der Waals surface area contributed by atoms with E-state index in [1.165, 1.54) is 11.8 Å². The standard InChI is InChI=1S/C13H12ClNO2S/c14-10-2-1-9(7-15)11(5-10)18-8-13(3-4-13)6-12(16)17/h1-2,5H,3-4,6,8H2,(H,16,17). The van der Waals surface area contributed by atoms with Gasteiger partial charge < -0.3 is 5.11 Å². The van der Waals surface area contributed by atoms with Gasteiger partial charge in [0.05, 0.1) is 12.0 Å². The highest BCUT2D eigenvalue weighted by molar-refractivity contribution is 7.99. The molecule has 2 rings (SSSR count). The molecule has 1 aromatic carbocycles. The lowest BCUT2D eigenvalue weighted by Gasteiger charge is -2.12. The maximum atomic E-state index is 10.8. The van der Waals surface area contributed by atoms with Gasteiger partial charge in [-0.25, -0.2) is 0 Å². The van der Waals surface area contributed by atoms with Gasteiger partial charge in [0.1, 0.15) is 6.07 Å². The molecule has 1 saturated carbocycles. The van der Waals surface area contributed by atoms with Crippen LogP contribution in [0.4, 0.5) is 0 Å². The minimum Gasteiger partial charge on any atom is -0.481 e. The van der Waals surface area contributed by atoms with Crippen LogP contribution in [0.15, 0.2) is 23.1 Å². The molecule has 1 N–H and O–H groups in total. The monoisotopic (exact) mass is 281 g/mol. The van der Waals surface area contributed by atoms with Crippen molar-refractivity contribution in [1.82, 2.24) is 0 Å². The fourth-order valence-corrected chi connectivity index (χ4v) is 3.38. The van der Waals surface area contributed by atoms with Gasteiger partial charge in [0.2, 0.25) is 0 Å². The van der Waals surface area contributed by atoms with Crippen LogP contribution in [0.3, 0.4) is 0 Å². The summed E-state index contributed by atoms with van der Waals surface area (Å²) in [5.74, 6) is -0.0198. The Balaban J connectivity index is 2.05. The van der Waals surface area contributed by atoms with Crippen molar-refractivity contribution in [3.05, 3.63) is 28.8 Å². The van der Waals surface area contributed by atoms with E-state index in [-0.39, 0.29) is 11.8 Å². The largest absolute Gasteiger partial charge is 0.481 e. The predicted octanol–water partition coefficient (Wildman–Crippen LogP) is 3.56. The van der Waals surface area contributed by atoms with Gasteiger partial charge in [0.15, 0.2) is 0 Å². The SMILES string of the molecule is N#Cc1ccc(Cl)cc1SCC1(CC(=O)O)CC1. The number of hydrogen-bond acceptors (Lipinski definition) is 3. The summed E-state index contributed by atoms with van der Waals surface area (Å²) in [5, 5.41) is 18.4. The molecule has 0 heterocycles. The van der Waals surface area contributed by atoms with Gasteiger partial charge >= 0.3 is 5.97 Å². The van der Waals surface area contributed by atoms with Crippen LogP contribution >= 0.6 is 23.4 Å². The molecule has 0 aromatic heterocycles. The number of benzene rings is 1.